The lowest BCUT2D eigenvalue weighted by molar-refractivity contribution is -0.385. The van der Waals surface area contributed by atoms with Crippen LogP contribution in [0.5, 0.6) is 5.75 Å². The molecule has 1 heterocycles. The van der Waals surface area contributed by atoms with Crippen molar-refractivity contribution in [2.24, 2.45) is 5.92 Å². The molecule has 1 aliphatic carbocycles. The maximum Gasteiger partial charge on any atom is 0.274 e. The number of fused-ring (bicyclic) bond motifs is 3. The summed E-state index contributed by atoms with van der Waals surface area (Å²) in [6.07, 6.45) is 5.33. The van der Waals surface area contributed by atoms with Gasteiger partial charge in [-0.3, -0.25) is 10.1 Å². The zero-order valence-electron chi connectivity index (χ0n) is 14.2. The van der Waals surface area contributed by atoms with Gasteiger partial charge < -0.3 is 10.1 Å². The Hall–Kier alpha value is -2.82. The minimum absolute atomic E-state index is 0.121. The predicted octanol–water partition coefficient (Wildman–Crippen LogP) is 4.74. The molecule has 2 aromatic rings. The molecular weight excluding hydrogens is 316 g/mol. The summed E-state index contributed by atoms with van der Waals surface area (Å²) in [6, 6.07) is 10.9. The first-order chi connectivity index (χ1) is 12.1. The van der Waals surface area contributed by atoms with E-state index in [0.29, 0.717) is 0 Å². The highest BCUT2D eigenvalue weighted by Crippen LogP contribution is 2.54. The smallest absolute Gasteiger partial charge is 0.274 e. The van der Waals surface area contributed by atoms with Crippen molar-refractivity contribution in [1.82, 2.24) is 0 Å². The van der Waals surface area contributed by atoms with Crippen LogP contribution in [-0.2, 0) is 0 Å². The number of allylic oxidation sites excluding steroid dienone is 2. The molecule has 2 aromatic carbocycles. The van der Waals surface area contributed by atoms with Gasteiger partial charge in [0, 0.05) is 12.0 Å². The van der Waals surface area contributed by atoms with Crippen LogP contribution in [0.25, 0.3) is 0 Å². The summed E-state index contributed by atoms with van der Waals surface area (Å²) < 4.78 is 5.56. The number of rotatable bonds is 3. The van der Waals surface area contributed by atoms with E-state index >= 15 is 0 Å². The Morgan fingerprint density at radius 2 is 2.04 bits per heavy atom. The average Bonchev–Trinajstić information content (AvgIpc) is 3.10. The number of nitrogens with one attached hydrogen (secondary N) is 1. The second-order valence-electron chi connectivity index (χ2n) is 6.66. The Kier molecular flexibility index (Phi) is 3.71. The average molecular weight is 336 g/mol. The van der Waals surface area contributed by atoms with Crippen LogP contribution in [0.2, 0.25) is 0 Å². The Labute approximate surface area is 146 Å². The lowest BCUT2D eigenvalue weighted by atomic mass is 9.75. The minimum atomic E-state index is -0.294. The van der Waals surface area contributed by atoms with Gasteiger partial charge in [0.05, 0.1) is 29.3 Å². The Morgan fingerprint density at radius 3 is 2.80 bits per heavy atom. The summed E-state index contributed by atoms with van der Waals surface area (Å²) in [4.78, 5) is 11.2. The molecule has 0 aromatic heterocycles. The lowest BCUT2D eigenvalue weighted by Gasteiger charge is -2.38. The molecule has 25 heavy (non-hydrogen) atoms. The number of hydrogen-bond acceptors (Lipinski definition) is 4. The first-order valence-corrected chi connectivity index (χ1v) is 8.46. The van der Waals surface area contributed by atoms with Gasteiger partial charge in [0.25, 0.3) is 5.69 Å². The van der Waals surface area contributed by atoms with Gasteiger partial charge in [-0.2, -0.15) is 0 Å². The van der Waals surface area contributed by atoms with E-state index in [9.17, 15) is 10.1 Å². The maximum atomic E-state index is 11.5. The molecule has 0 bridgehead atoms. The summed E-state index contributed by atoms with van der Waals surface area (Å²) in [7, 11) is 1.66. The van der Waals surface area contributed by atoms with Gasteiger partial charge in [0.1, 0.15) is 5.75 Å². The van der Waals surface area contributed by atoms with Crippen LogP contribution in [0.3, 0.4) is 0 Å². The zero-order chi connectivity index (χ0) is 17.6. The van der Waals surface area contributed by atoms with Crippen molar-refractivity contribution in [1.29, 1.82) is 0 Å². The third-order valence-electron chi connectivity index (χ3n) is 5.39. The number of methoxy groups -OCH3 is 1. The molecule has 0 saturated carbocycles. The number of nitrogens with zero attached hydrogens (tertiary/aromatic N) is 1. The number of para-hydroxylation sites is 1. The molecular formula is C20H20N2O3. The Bertz CT molecular complexity index is 875. The van der Waals surface area contributed by atoms with Crippen molar-refractivity contribution in [3.05, 3.63) is 75.4 Å². The number of benzene rings is 2. The van der Waals surface area contributed by atoms with Crippen molar-refractivity contribution >= 4 is 11.4 Å². The summed E-state index contributed by atoms with van der Waals surface area (Å²) >= 11 is 0. The third-order valence-corrected chi connectivity index (χ3v) is 5.39. The molecule has 5 heteroatoms. The second kappa shape index (κ2) is 5.92. The number of anilines is 1. The van der Waals surface area contributed by atoms with Crippen molar-refractivity contribution in [2.75, 3.05) is 12.4 Å². The summed E-state index contributed by atoms with van der Waals surface area (Å²) in [5.74, 6) is 1.29. The predicted molar refractivity (Wildman–Crippen MR) is 97.2 cm³/mol. The normalized spacial score (nSPS) is 23.5. The fourth-order valence-electron chi connectivity index (χ4n) is 4.27. The fourth-order valence-corrected chi connectivity index (χ4v) is 4.27. The molecule has 0 unspecified atom stereocenters. The van der Waals surface area contributed by atoms with Gasteiger partial charge in [0.15, 0.2) is 0 Å². The van der Waals surface area contributed by atoms with Crippen molar-refractivity contribution in [3.63, 3.8) is 0 Å². The van der Waals surface area contributed by atoms with Gasteiger partial charge in [-0.05, 0) is 36.5 Å². The lowest BCUT2D eigenvalue weighted by Crippen LogP contribution is -2.30. The molecule has 0 radical (unpaired) electrons. The topological polar surface area (TPSA) is 64.4 Å². The molecule has 1 aliphatic heterocycles. The molecule has 4 rings (SSSR count). The third kappa shape index (κ3) is 2.38. The zero-order valence-corrected chi connectivity index (χ0v) is 14.2. The molecule has 1 N–H and O–H groups in total. The number of nitro benzene ring substituents is 1. The van der Waals surface area contributed by atoms with E-state index in [-0.39, 0.29) is 28.5 Å². The quantitative estimate of drug-likeness (QED) is 0.499. The van der Waals surface area contributed by atoms with E-state index in [1.54, 1.807) is 19.2 Å². The van der Waals surface area contributed by atoms with E-state index in [2.05, 4.69) is 30.5 Å². The summed E-state index contributed by atoms with van der Waals surface area (Å²) in [5, 5.41) is 15.1. The molecule has 0 spiro atoms. The van der Waals surface area contributed by atoms with Crippen LogP contribution in [0.1, 0.15) is 35.1 Å². The van der Waals surface area contributed by atoms with Crippen LogP contribution >= 0.6 is 0 Å². The highest BCUT2D eigenvalue weighted by Gasteiger charge is 2.41. The van der Waals surface area contributed by atoms with Crippen molar-refractivity contribution < 1.29 is 9.66 Å². The standard InChI is InChI=1S/C20H20N2O3/c1-12-10-11-17(25-2)20-18(12)13-7-5-8-14(13)19(21-20)15-6-3-4-9-16(15)22(23)24/h3-7,9-11,13-14,19,21H,8H2,1-2H3/t13-,14+,19-/m0/s1. The number of hydrogen-bond donors (Lipinski definition) is 1. The van der Waals surface area contributed by atoms with Crippen LogP contribution in [0.4, 0.5) is 11.4 Å². The van der Waals surface area contributed by atoms with E-state index < -0.39 is 0 Å². The molecule has 2 aliphatic rings. The highest BCUT2D eigenvalue weighted by molar-refractivity contribution is 5.70. The number of ether oxygens (including phenoxy) is 1. The van der Waals surface area contributed by atoms with Crippen molar-refractivity contribution in [3.8, 4) is 5.75 Å². The number of aryl methyl sites for hydroxylation is 1. The molecule has 0 saturated heterocycles. The van der Waals surface area contributed by atoms with Gasteiger partial charge in [-0.1, -0.05) is 36.4 Å². The largest absolute Gasteiger partial charge is 0.495 e. The maximum absolute atomic E-state index is 11.5. The van der Waals surface area contributed by atoms with E-state index in [1.807, 2.05) is 18.2 Å². The summed E-state index contributed by atoms with van der Waals surface area (Å²) in [6.45, 7) is 2.11. The molecule has 5 nitrogen and oxygen atoms in total. The molecule has 128 valence electrons. The van der Waals surface area contributed by atoms with Gasteiger partial charge in [-0.15, -0.1) is 0 Å². The van der Waals surface area contributed by atoms with Crippen LogP contribution < -0.4 is 10.1 Å². The van der Waals surface area contributed by atoms with Crippen molar-refractivity contribution in [2.45, 2.75) is 25.3 Å². The first-order valence-electron chi connectivity index (χ1n) is 8.46. The highest BCUT2D eigenvalue weighted by atomic mass is 16.6. The monoisotopic (exact) mass is 336 g/mol. The first kappa shape index (κ1) is 15.7. The Morgan fingerprint density at radius 1 is 1.24 bits per heavy atom. The van der Waals surface area contributed by atoms with Crippen LogP contribution in [-0.4, -0.2) is 12.0 Å². The van der Waals surface area contributed by atoms with Crippen LogP contribution in [0.15, 0.2) is 48.6 Å². The molecule has 0 fully saturated rings. The summed E-state index contributed by atoms with van der Waals surface area (Å²) in [5.41, 5.74) is 4.32. The fraction of sp³-hybridized carbons (Fsp3) is 0.300. The van der Waals surface area contributed by atoms with E-state index in [4.69, 9.17) is 4.74 Å². The molecule has 3 atom stereocenters. The number of nitro groups is 1. The second-order valence-corrected chi connectivity index (χ2v) is 6.66. The SMILES string of the molecule is COc1ccc(C)c2c1N[C@H](c1ccccc1[N+](=O)[O-])[C@@H]1CC=C[C@H]21. The van der Waals surface area contributed by atoms with Gasteiger partial charge in [0.2, 0.25) is 0 Å². The van der Waals surface area contributed by atoms with Gasteiger partial charge in [-0.25, -0.2) is 0 Å². The minimum Gasteiger partial charge on any atom is -0.495 e. The van der Waals surface area contributed by atoms with Crippen LogP contribution in [0, 0.1) is 23.0 Å². The van der Waals surface area contributed by atoms with E-state index in [0.717, 1.165) is 23.4 Å². The molecule has 0 amide bonds. The Balaban J connectivity index is 1.89. The van der Waals surface area contributed by atoms with Gasteiger partial charge >= 0.3 is 0 Å². The van der Waals surface area contributed by atoms with E-state index in [1.165, 1.54) is 11.1 Å².